The maximum atomic E-state index is 13.0. The summed E-state index contributed by atoms with van der Waals surface area (Å²) in [4.78, 5) is 12.6. The van der Waals surface area contributed by atoms with Gasteiger partial charge in [-0.3, -0.25) is 14.8 Å². The van der Waals surface area contributed by atoms with Crippen molar-refractivity contribution in [3.05, 3.63) is 58.6 Å². The SMILES string of the molecule is CCCCCc1nnc(NC(=O)c2ccc(OC)c(S(=O)(=O)Nc3ccc(C)cc3)c2)s1. The molecule has 1 heterocycles. The van der Waals surface area contributed by atoms with Crippen molar-refractivity contribution in [3.8, 4) is 5.75 Å². The van der Waals surface area contributed by atoms with Crippen LogP contribution >= 0.6 is 11.3 Å². The number of amides is 1. The van der Waals surface area contributed by atoms with Crippen molar-refractivity contribution in [1.29, 1.82) is 0 Å². The number of hydrogen-bond acceptors (Lipinski definition) is 7. The van der Waals surface area contributed by atoms with Crippen molar-refractivity contribution in [2.45, 2.75) is 44.4 Å². The van der Waals surface area contributed by atoms with E-state index in [0.717, 1.165) is 36.3 Å². The van der Waals surface area contributed by atoms with E-state index in [1.54, 1.807) is 24.3 Å². The number of sulfonamides is 1. The van der Waals surface area contributed by atoms with Gasteiger partial charge in [-0.15, -0.1) is 10.2 Å². The van der Waals surface area contributed by atoms with Gasteiger partial charge >= 0.3 is 0 Å². The summed E-state index contributed by atoms with van der Waals surface area (Å²) < 4.78 is 33.7. The number of benzene rings is 2. The van der Waals surface area contributed by atoms with E-state index in [2.05, 4.69) is 27.2 Å². The monoisotopic (exact) mass is 474 g/mol. The number of rotatable bonds is 10. The molecule has 1 aromatic heterocycles. The van der Waals surface area contributed by atoms with Crippen LogP contribution < -0.4 is 14.8 Å². The lowest BCUT2D eigenvalue weighted by molar-refractivity contribution is 0.102. The normalized spacial score (nSPS) is 11.2. The second kappa shape index (κ2) is 10.6. The molecule has 0 unspecified atom stereocenters. The maximum absolute atomic E-state index is 13.0. The van der Waals surface area contributed by atoms with Crippen LogP contribution in [0.1, 0.15) is 47.1 Å². The second-order valence-corrected chi connectivity index (χ2v) is 9.96. The molecule has 0 atom stereocenters. The Balaban J connectivity index is 1.79. The van der Waals surface area contributed by atoms with Crippen molar-refractivity contribution in [1.82, 2.24) is 10.2 Å². The van der Waals surface area contributed by atoms with Gasteiger partial charge in [-0.2, -0.15) is 0 Å². The summed E-state index contributed by atoms with van der Waals surface area (Å²) in [5.41, 5.74) is 1.59. The number of nitrogens with one attached hydrogen (secondary N) is 2. The lowest BCUT2D eigenvalue weighted by atomic mass is 10.2. The molecule has 3 rings (SSSR count). The molecule has 0 aliphatic rings. The number of nitrogens with zero attached hydrogens (tertiary/aromatic N) is 2. The molecular formula is C22H26N4O4S2. The second-order valence-electron chi connectivity index (χ2n) is 7.25. The van der Waals surface area contributed by atoms with Crippen molar-refractivity contribution in [2.24, 2.45) is 0 Å². The number of aryl methyl sites for hydroxylation is 2. The molecule has 0 aliphatic heterocycles. The fourth-order valence-corrected chi connectivity index (χ4v) is 4.99. The molecule has 170 valence electrons. The van der Waals surface area contributed by atoms with E-state index in [9.17, 15) is 13.2 Å². The van der Waals surface area contributed by atoms with Gasteiger partial charge in [0.15, 0.2) is 0 Å². The van der Waals surface area contributed by atoms with Gasteiger partial charge < -0.3 is 4.74 Å². The van der Waals surface area contributed by atoms with Crippen LogP contribution in [0, 0.1) is 6.92 Å². The van der Waals surface area contributed by atoms with Gasteiger partial charge in [0.2, 0.25) is 5.13 Å². The first kappa shape index (κ1) is 23.7. The van der Waals surface area contributed by atoms with E-state index in [0.29, 0.717) is 10.8 Å². The molecule has 8 nitrogen and oxygen atoms in total. The molecule has 0 saturated heterocycles. The number of carbonyl (C=O) groups is 1. The lowest BCUT2D eigenvalue weighted by Gasteiger charge is -2.13. The third-order valence-electron chi connectivity index (χ3n) is 4.70. The molecule has 0 aliphatic carbocycles. The largest absolute Gasteiger partial charge is 0.495 e. The van der Waals surface area contributed by atoms with Gasteiger partial charge in [0.1, 0.15) is 15.7 Å². The Kier molecular flexibility index (Phi) is 7.81. The summed E-state index contributed by atoms with van der Waals surface area (Å²) in [6.07, 6.45) is 4.06. The zero-order chi connectivity index (χ0) is 23.1. The van der Waals surface area contributed by atoms with E-state index >= 15 is 0 Å². The number of anilines is 2. The van der Waals surface area contributed by atoms with Crippen LogP contribution in [0.25, 0.3) is 0 Å². The van der Waals surface area contributed by atoms with E-state index in [-0.39, 0.29) is 16.2 Å². The predicted molar refractivity (Wildman–Crippen MR) is 126 cm³/mol. The summed E-state index contributed by atoms with van der Waals surface area (Å²) in [5.74, 6) is -0.342. The van der Waals surface area contributed by atoms with Gasteiger partial charge in [0.05, 0.1) is 7.11 Å². The highest BCUT2D eigenvalue weighted by Crippen LogP contribution is 2.28. The van der Waals surface area contributed by atoms with Gasteiger partial charge in [0, 0.05) is 17.7 Å². The molecule has 0 bridgehead atoms. The summed E-state index contributed by atoms with van der Waals surface area (Å²) in [5, 5.41) is 12.0. The van der Waals surface area contributed by atoms with Gasteiger partial charge in [-0.25, -0.2) is 8.42 Å². The van der Waals surface area contributed by atoms with Crippen LogP contribution in [0.15, 0.2) is 47.4 Å². The minimum absolute atomic E-state index is 0.134. The standard InChI is InChI=1S/C22H26N4O4S2/c1-4-5-6-7-20-24-25-22(31-20)23-21(27)16-10-13-18(30-3)19(14-16)32(28,29)26-17-11-8-15(2)9-12-17/h8-14,26H,4-7H2,1-3H3,(H,23,25,27). The predicted octanol–water partition coefficient (Wildman–Crippen LogP) is 4.64. The summed E-state index contributed by atoms with van der Waals surface area (Å²) in [6.45, 7) is 4.04. The average Bonchev–Trinajstić information content (AvgIpc) is 3.22. The minimum Gasteiger partial charge on any atom is -0.495 e. The van der Waals surface area contributed by atoms with Crippen LogP contribution in [-0.4, -0.2) is 31.6 Å². The van der Waals surface area contributed by atoms with Crippen molar-refractivity contribution < 1.29 is 17.9 Å². The van der Waals surface area contributed by atoms with Gasteiger partial charge in [-0.1, -0.05) is 48.8 Å². The Bertz CT molecular complexity index is 1170. The smallest absolute Gasteiger partial charge is 0.265 e. The first-order valence-corrected chi connectivity index (χ1v) is 12.5. The Hall–Kier alpha value is -2.98. The van der Waals surface area contributed by atoms with Crippen LogP contribution in [0.5, 0.6) is 5.75 Å². The molecule has 0 radical (unpaired) electrons. The van der Waals surface area contributed by atoms with Crippen molar-refractivity contribution in [2.75, 3.05) is 17.1 Å². The summed E-state index contributed by atoms with van der Waals surface area (Å²) in [7, 11) is -2.61. The third kappa shape index (κ3) is 6.04. The zero-order valence-corrected chi connectivity index (χ0v) is 19.8. The van der Waals surface area contributed by atoms with Gasteiger partial charge in [0.25, 0.3) is 15.9 Å². The van der Waals surface area contributed by atoms with E-state index < -0.39 is 15.9 Å². The first-order valence-electron chi connectivity index (χ1n) is 10.2. The van der Waals surface area contributed by atoms with Crippen molar-refractivity contribution >= 4 is 38.1 Å². The number of hydrogen-bond donors (Lipinski definition) is 2. The van der Waals surface area contributed by atoms with Crippen LogP contribution in [0.4, 0.5) is 10.8 Å². The van der Waals surface area contributed by atoms with Crippen molar-refractivity contribution in [3.63, 3.8) is 0 Å². The Morgan fingerprint density at radius 3 is 2.53 bits per heavy atom. The molecule has 2 aromatic carbocycles. The van der Waals surface area contributed by atoms with E-state index in [1.165, 1.54) is 36.6 Å². The zero-order valence-electron chi connectivity index (χ0n) is 18.2. The first-order chi connectivity index (χ1) is 15.3. The molecule has 2 N–H and O–H groups in total. The number of carbonyl (C=O) groups excluding carboxylic acids is 1. The molecule has 10 heteroatoms. The quantitative estimate of drug-likeness (QED) is 0.414. The molecule has 1 amide bonds. The van der Waals surface area contributed by atoms with Gasteiger partial charge in [-0.05, 0) is 43.7 Å². The van der Waals surface area contributed by atoms with E-state index in [4.69, 9.17) is 4.74 Å². The molecular weight excluding hydrogens is 448 g/mol. The highest BCUT2D eigenvalue weighted by Gasteiger charge is 2.22. The fraction of sp³-hybridized carbons (Fsp3) is 0.318. The summed E-state index contributed by atoms with van der Waals surface area (Å²) >= 11 is 1.32. The van der Waals surface area contributed by atoms with Crippen LogP contribution in [-0.2, 0) is 16.4 Å². The molecule has 3 aromatic rings. The van der Waals surface area contributed by atoms with Crippen LogP contribution in [0.3, 0.4) is 0 Å². The highest BCUT2D eigenvalue weighted by molar-refractivity contribution is 7.92. The Labute approximate surface area is 192 Å². The molecule has 0 fully saturated rings. The lowest BCUT2D eigenvalue weighted by Crippen LogP contribution is -2.17. The fourth-order valence-electron chi connectivity index (χ4n) is 2.96. The number of aromatic nitrogens is 2. The average molecular weight is 475 g/mol. The Morgan fingerprint density at radius 1 is 1.09 bits per heavy atom. The topological polar surface area (TPSA) is 110 Å². The number of methoxy groups -OCH3 is 1. The highest BCUT2D eigenvalue weighted by atomic mass is 32.2. The van der Waals surface area contributed by atoms with E-state index in [1.807, 2.05) is 6.92 Å². The van der Waals surface area contributed by atoms with Crippen LogP contribution in [0.2, 0.25) is 0 Å². The number of unbranched alkanes of at least 4 members (excludes halogenated alkanes) is 2. The Morgan fingerprint density at radius 2 is 1.84 bits per heavy atom. The summed E-state index contributed by atoms with van der Waals surface area (Å²) in [6, 6.07) is 11.2. The minimum atomic E-state index is -3.99. The molecule has 32 heavy (non-hydrogen) atoms. The molecule has 0 spiro atoms. The number of ether oxygens (including phenoxy) is 1. The maximum Gasteiger partial charge on any atom is 0.265 e. The molecule has 0 saturated carbocycles. The third-order valence-corrected chi connectivity index (χ3v) is 7.00.